The molecule has 0 aromatic carbocycles. The van der Waals surface area contributed by atoms with E-state index in [1.807, 2.05) is 6.92 Å². The molecule has 0 aromatic heterocycles. The molecule has 1 aliphatic rings. The minimum atomic E-state index is -1.05. The Morgan fingerprint density at radius 1 is 1.38 bits per heavy atom. The molecule has 0 radical (unpaired) electrons. The van der Waals surface area contributed by atoms with Gasteiger partial charge in [-0.1, -0.05) is 6.92 Å². The third-order valence-electron chi connectivity index (χ3n) is 3.38. The van der Waals surface area contributed by atoms with Gasteiger partial charge in [-0.25, -0.2) is 0 Å². The van der Waals surface area contributed by atoms with Gasteiger partial charge in [0, 0.05) is 26.6 Å². The second kappa shape index (κ2) is 7.94. The molecule has 2 unspecified atom stereocenters. The van der Waals surface area contributed by atoms with Crippen molar-refractivity contribution in [3.63, 3.8) is 0 Å². The number of carbonyl (C=O) groups is 3. The van der Waals surface area contributed by atoms with Crippen LogP contribution in [0.15, 0.2) is 0 Å². The van der Waals surface area contributed by atoms with Crippen LogP contribution in [0.3, 0.4) is 0 Å². The Labute approximate surface area is 123 Å². The SMILES string of the molecule is CCCNC(=O)CN(C)C(=O)CN1CC(O)CC1C(=O)O. The lowest BCUT2D eigenvalue weighted by atomic mass is 10.2. The van der Waals surface area contributed by atoms with Crippen LogP contribution < -0.4 is 5.32 Å². The number of rotatable bonds is 7. The second-order valence-electron chi connectivity index (χ2n) is 5.27. The lowest BCUT2D eigenvalue weighted by molar-refractivity contribution is -0.144. The van der Waals surface area contributed by atoms with Gasteiger partial charge in [-0.3, -0.25) is 19.3 Å². The Morgan fingerprint density at radius 3 is 2.62 bits per heavy atom. The lowest BCUT2D eigenvalue weighted by Gasteiger charge is -2.23. The molecule has 1 rings (SSSR count). The molecule has 0 spiro atoms. The first-order valence-electron chi connectivity index (χ1n) is 7.00. The predicted molar refractivity (Wildman–Crippen MR) is 74.6 cm³/mol. The Kier molecular flexibility index (Phi) is 6.57. The van der Waals surface area contributed by atoms with E-state index >= 15 is 0 Å². The highest BCUT2D eigenvalue weighted by Crippen LogP contribution is 2.17. The second-order valence-corrected chi connectivity index (χ2v) is 5.27. The van der Waals surface area contributed by atoms with E-state index in [0.717, 1.165) is 6.42 Å². The summed E-state index contributed by atoms with van der Waals surface area (Å²) < 4.78 is 0. The summed E-state index contributed by atoms with van der Waals surface area (Å²) in [7, 11) is 1.50. The van der Waals surface area contributed by atoms with Crippen molar-refractivity contribution in [1.29, 1.82) is 0 Å². The minimum absolute atomic E-state index is 0.0625. The van der Waals surface area contributed by atoms with Crippen molar-refractivity contribution in [1.82, 2.24) is 15.1 Å². The maximum atomic E-state index is 12.0. The highest BCUT2D eigenvalue weighted by atomic mass is 16.4. The van der Waals surface area contributed by atoms with Gasteiger partial charge in [-0.15, -0.1) is 0 Å². The van der Waals surface area contributed by atoms with Crippen LogP contribution in [0.1, 0.15) is 19.8 Å². The van der Waals surface area contributed by atoms with E-state index < -0.39 is 18.1 Å². The van der Waals surface area contributed by atoms with Crippen LogP contribution in [0.25, 0.3) is 0 Å². The van der Waals surface area contributed by atoms with Gasteiger partial charge in [0.05, 0.1) is 19.2 Å². The number of aliphatic hydroxyl groups excluding tert-OH is 1. The number of amides is 2. The van der Waals surface area contributed by atoms with Gasteiger partial charge in [-0.2, -0.15) is 0 Å². The van der Waals surface area contributed by atoms with Gasteiger partial charge >= 0.3 is 5.97 Å². The third-order valence-corrected chi connectivity index (χ3v) is 3.38. The first-order valence-corrected chi connectivity index (χ1v) is 7.00. The van der Waals surface area contributed by atoms with Crippen LogP contribution in [0, 0.1) is 0 Å². The number of aliphatic carboxylic acids is 1. The number of carboxylic acids is 1. The van der Waals surface area contributed by atoms with E-state index in [-0.39, 0.29) is 37.9 Å². The maximum Gasteiger partial charge on any atom is 0.321 e. The van der Waals surface area contributed by atoms with Crippen LogP contribution >= 0.6 is 0 Å². The average molecular weight is 301 g/mol. The third kappa shape index (κ3) is 5.31. The summed E-state index contributed by atoms with van der Waals surface area (Å²) in [6.07, 6.45) is 0.190. The van der Waals surface area contributed by atoms with Gasteiger partial charge in [-0.05, 0) is 6.42 Å². The van der Waals surface area contributed by atoms with Gasteiger partial charge < -0.3 is 20.4 Å². The molecular weight excluding hydrogens is 278 g/mol. The number of likely N-dealkylation sites (N-methyl/N-ethyl adjacent to an activating group) is 1. The molecule has 8 heteroatoms. The Morgan fingerprint density at radius 2 is 2.05 bits per heavy atom. The van der Waals surface area contributed by atoms with Crippen molar-refractivity contribution >= 4 is 17.8 Å². The number of β-amino-alcohol motifs (C(OH)–C–C–N with tert-alkyl or cyclic N) is 1. The first-order chi connectivity index (χ1) is 9.85. The highest BCUT2D eigenvalue weighted by molar-refractivity contribution is 5.86. The molecule has 120 valence electrons. The fraction of sp³-hybridized carbons (Fsp3) is 0.769. The summed E-state index contributed by atoms with van der Waals surface area (Å²) in [4.78, 5) is 37.3. The number of nitrogens with one attached hydrogen (secondary N) is 1. The Hall–Kier alpha value is -1.67. The molecule has 3 N–H and O–H groups in total. The van der Waals surface area contributed by atoms with Crippen LogP contribution in [-0.4, -0.2) is 83.2 Å². The van der Waals surface area contributed by atoms with Gasteiger partial charge in [0.1, 0.15) is 6.04 Å². The van der Waals surface area contributed by atoms with E-state index in [9.17, 15) is 19.5 Å². The molecule has 1 fully saturated rings. The molecule has 0 aromatic rings. The number of hydrogen-bond donors (Lipinski definition) is 3. The van der Waals surface area contributed by atoms with Crippen molar-refractivity contribution in [2.45, 2.75) is 31.9 Å². The molecule has 0 aliphatic carbocycles. The molecule has 1 saturated heterocycles. The number of hydrogen-bond acceptors (Lipinski definition) is 5. The summed E-state index contributed by atoms with van der Waals surface area (Å²) in [6.45, 7) is 2.46. The minimum Gasteiger partial charge on any atom is -0.480 e. The van der Waals surface area contributed by atoms with Crippen LogP contribution in [-0.2, 0) is 14.4 Å². The highest BCUT2D eigenvalue weighted by Gasteiger charge is 2.37. The average Bonchev–Trinajstić information content (AvgIpc) is 2.77. The summed E-state index contributed by atoms with van der Waals surface area (Å²) in [5, 5.41) is 21.2. The fourth-order valence-electron chi connectivity index (χ4n) is 2.23. The molecule has 21 heavy (non-hydrogen) atoms. The van der Waals surface area contributed by atoms with Crippen molar-refractivity contribution in [3.05, 3.63) is 0 Å². The number of likely N-dealkylation sites (tertiary alicyclic amines) is 1. The number of nitrogens with zero attached hydrogens (tertiary/aromatic N) is 2. The summed E-state index contributed by atoms with van der Waals surface area (Å²) in [5.41, 5.74) is 0. The molecule has 0 saturated carbocycles. The van der Waals surface area contributed by atoms with E-state index in [2.05, 4.69) is 5.32 Å². The normalized spacial score (nSPS) is 22.0. The van der Waals surface area contributed by atoms with Crippen LogP contribution in [0.5, 0.6) is 0 Å². The zero-order chi connectivity index (χ0) is 16.0. The maximum absolute atomic E-state index is 12.0. The van der Waals surface area contributed by atoms with Crippen molar-refractivity contribution in [2.75, 3.05) is 33.2 Å². The van der Waals surface area contributed by atoms with Crippen molar-refractivity contribution < 1.29 is 24.6 Å². The van der Waals surface area contributed by atoms with Gasteiger partial charge in [0.2, 0.25) is 11.8 Å². The lowest BCUT2D eigenvalue weighted by Crippen LogP contribution is -2.46. The molecule has 0 bridgehead atoms. The quantitative estimate of drug-likeness (QED) is 0.527. The number of carboxylic acid groups (broad SMARTS) is 1. The number of aliphatic hydroxyl groups is 1. The van der Waals surface area contributed by atoms with E-state index in [0.29, 0.717) is 6.54 Å². The van der Waals surface area contributed by atoms with E-state index in [1.54, 1.807) is 0 Å². The monoisotopic (exact) mass is 301 g/mol. The molecular formula is C13H23N3O5. The van der Waals surface area contributed by atoms with Crippen LogP contribution in [0.2, 0.25) is 0 Å². The fourth-order valence-corrected chi connectivity index (χ4v) is 2.23. The summed E-state index contributed by atoms with van der Waals surface area (Å²) in [6, 6.07) is -0.855. The van der Waals surface area contributed by atoms with E-state index in [4.69, 9.17) is 5.11 Å². The van der Waals surface area contributed by atoms with Gasteiger partial charge in [0.25, 0.3) is 0 Å². The molecule has 2 amide bonds. The van der Waals surface area contributed by atoms with Crippen LogP contribution in [0.4, 0.5) is 0 Å². The summed E-state index contributed by atoms with van der Waals surface area (Å²) >= 11 is 0. The summed E-state index contributed by atoms with van der Waals surface area (Å²) in [5.74, 6) is -1.64. The van der Waals surface area contributed by atoms with Crippen molar-refractivity contribution in [3.8, 4) is 0 Å². The molecule has 8 nitrogen and oxygen atoms in total. The zero-order valence-electron chi connectivity index (χ0n) is 12.4. The molecule has 2 atom stereocenters. The van der Waals surface area contributed by atoms with Crippen molar-refractivity contribution in [2.24, 2.45) is 0 Å². The Balaban J connectivity index is 2.48. The predicted octanol–water partition coefficient (Wildman–Crippen LogP) is -1.51. The van der Waals surface area contributed by atoms with Gasteiger partial charge in [0.15, 0.2) is 0 Å². The molecule has 1 aliphatic heterocycles. The zero-order valence-corrected chi connectivity index (χ0v) is 12.4. The largest absolute Gasteiger partial charge is 0.480 e. The number of carbonyl (C=O) groups excluding carboxylic acids is 2. The Bertz CT molecular complexity index is 401. The standard InChI is InChI=1S/C13H23N3O5/c1-3-4-14-11(18)7-15(2)12(19)8-16-6-9(17)5-10(16)13(20)21/h9-10,17H,3-8H2,1-2H3,(H,14,18)(H,20,21). The molecule has 1 heterocycles. The smallest absolute Gasteiger partial charge is 0.321 e. The topological polar surface area (TPSA) is 110 Å². The van der Waals surface area contributed by atoms with E-state index in [1.165, 1.54) is 16.8 Å². The first kappa shape index (κ1) is 17.4.